The van der Waals surface area contributed by atoms with Gasteiger partial charge in [0.25, 0.3) is 5.91 Å². The maximum Gasteiger partial charge on any atom is 0.351 e. The van der Waals surface area contributed by atoms with Crippen molar-refractivity contribution in [3.8, 4) is 11.5 Å². The molecule has 0 unspecified atom stereocenters. The lowest BCUT2D eigenvalue weighted by atomic mass is 10.2. The molecule has 2 aliphatic rings. The second-order valence-corrected chi connectivity index (χ2v) is 5.52. The van der Waals surface area contributed by atoms with E-state index in [1.807, 2.05) is 6.07 Å². The Labute approximate surface area is 128 Å². The monoisotopic (exact) mass is 305 g/mol. The van der Waals surface area contributed by atoms with Gasteiger partial charge in [-0.25, -0.2) is 4.79 Å². The molecule has 1 heterocycles. The zero-order valence-electron chi connectivity index (χ0n) is 12.2. The third-order valence-corrected chi connectivity index (χ3v) is 3.84. The summed E-state index contributed by atoms with van der Waals surface area (Å²) in [6.45, 7) is -0.197. The van der Waals surface area contributed by atoms with E-state index in [1.54, 1.807) is 18.2 Å². The van der Waals surface area contributed by atoms with Crippen LogP contribution in [0.4, 0.5) is 0 Å². The van der Waals surface area contributed by atoms with Crippen molar-refractivity contribution < 1.29 is 23.8 Å². The fourth-order valence-corrected chi connectivity index (χ4v) is 2.70. The van der Waals surface area contributed by atoms with Crippen LogP contribution in [0.25, 0.3) is 0 Å². The Bertz CT molecular complexity index is 553. The summed E-state index contributed by atoms with van der Waals surface area (Å²) in [5.41, 5.74) is 0. The molecule has 6 heteroatoms. The molecule has 1 aliphatic carbocycles. The van der Waals surface area contributed by atoms with E-state index in [9.17, 15) is 9.59 Å². The van der Waals surface area contributed by atoms with Crippen molar-refractivity contribution in [3.63, 3.8) is 0 Å². The first-order valence-electron chi connectivity index (χ1n) is 7.57. The van der Waals surface area contributed by atoms with Crippen LogP contribution in [0.15, 0.2) is 24.3 Å². The van der Waals surface area contributed by atoms with Gasteiger partial charge in [-0.3, -0.25) is 4.79 Å². The lowest BCUT2D eigenvalue weighted by molar-refractivity contribution is -0.157. The molecule has 0 spiro atoms. The Morgan fingerprint density at radius 1 is 1.18 bits per heavy atom. The Morgan fingerprint density at radius 3 is 2.68 bits per heavy atom. The molecule has 0 bridgehead atoms. The summed E-state index contributed by atoms with van der Waals surface area (Å²) in [5.74, 6) is 0.255. The van der Waals surface area contributed by atoms with Crippen molar-refractivity contribution >= 4 is 11.9 Å². The number of hydrogen-bond acceptors (Lipinski definition) is 5. The summed E-state index contributed by atoms with van der Waals surface area (Å²) in [5, 5.41) is 2.86. The minimum absolute atomic E-state index is 0.0834. The molecule has 0 radical (unpaired) electrons. The summed E-state index contributed by atoms with van der Waals surface area (Å²) < 4.78 is 16.0. The van der Waals surface area contributed by atoms with Crippen LogP contribution in [0.3, 0.4) is 0 Å². The van der Waals surface area contributed by atoms with Crippen LogP contribution in [-0.2, 0) is 14.3 Å². The van der Waals surface area contributed by atoms with Crippen molar-refractivity contribution in [3.05, 3.63) is 24.3 Å². The van der Waals surface area contributed by atoms with Crippen LogP contribution in [-0.4, -0.2) is 37.2 Å². The molecule has 1 amide bonds. The standard InChI is InChI=1S/C16H19NO5/c18-15(17-11-5-1-2-6-11)10-21-16(19)14-9-20-12-7-3-4-8-13(12)22-14/h3-4,7-8,11,14H,1-2,5-6,9-10H2,(H,17,18)/t14-/m1/s1. The van der Waals surface area contributed by atoms with Crippen LogP contribution < -0.4 is 14.8 Å². The lowest BCUT2D eigenvalue weighted by Crippen LogP contribution is -2.41. The predicted molar refractivity (Wildman–Crippen MR) is 77.7 cm³/mol. The lowest BCUT2D eigenvalue weighted by Gasteiger charge is -2.24. The van der Waals surface area contributed by atoms with E-state index >= 15 is 0 Å². The first kappa shape index (κ1) is 14.7. The number of nitrogens with one attached hydrogen (secondary N) is 1. The van der Waals surface area contributed by atoms with Crippen molar-refractivity contribution in [2.24, 2.45) is 0 Å². The summed E-state index contributed by atoms with van der Waals surface area (Å²) >= 11 is 0. The van der Waals surface area contributed by atoms with Crippen LogP contribution in [0.5, 0.6) is 11.5 Å². The number of esters is 1. The van der Waals surface area contributed by atoms with E-state index in [0.717, 1.165) is 25.7 Å². The average molecular weight is 305 g/mol. The number of ether oxygens (including phenoxy) is 3. The van der Waals surface area contributed by atoms with Crippen molar-refractivity contribution in [1.82, 2.24) is 5.32 Å². The smallest absolute Gasteiger partial charge is 0.351 e. The molecule has 1 N–H and O–H groups in total. The molecule has 1 fully saturated rings. The zero-order chi connectivity index (χ0) is 15.4. The van der Waals surface area contributed by atoms with Gasteiger partial charge in [0.05, 0.1) is 0 Å². The number of carbonyl (C=O) groups excluding carboxylic acids is 2. The van der Waals surface area contributed by atoms with E-state index in [0.29, 0.717) is 11.5 Å². The summed E-state index contributed by atoms with van der Waals surface area (Å²) in [7, 11) is 0. The molecule has 3 rings (SSSR count). The molecular weight excluding hydrogens is 286 g/mol. The second-order valence-electron chi connectivity index (χ2n) is 5.52. The quantitative estimate of drug-likeness (QED) is 0.852. The molecule has 1 aliphatic heterocycles. The average Bonchev–Trinajstić information content (AvgIpc) is 3.05. The first-order valence-corrected chi connectivity index (χ1v) is 7.57. The normalized spacial score (nSPS) is 20.5. The highest BCUT2D eigenvalue weighted by Gasteiger charge is 2.29. The third-order valence-electron chi connectivity index (χ3n) is 3.84. The number of benzene rings is 1. The molecule has 1 aromatic rings. The fourth-order valence-electron chi connectivity index (χ4n) is 2.70. The van der Waals surface area contributed by atoms with Gasteiger partial charge in [0.2, 0.25) is 6.10 Å². The summed E-state index contributed by atoms with van der Waals surface area (Å²) in [6, 6.07) is 7.33. The van der Waals surface area contributed by atoms with E-state index in [1.165, 1.54) is 0 Å². The Balaban J connectivity index is 1.45. The Kier molecular flexibility index (Phi) is 4.46. The van der Waals surface area contributed by atoms with E-state index in [-0.39, 0.29) is 25.2 Å². The highest BCUT2D eigenvalue weighted by atomic mass is 16.6. The van der Waals surface area contributed by atoms with E-state index < -0.39 is 12.1 Å². The number of amides is 1. The molecule has 6 nitrogen and oxygen atoms in total. The van der Waals surface area contributed by atoms with Crippen molar-refractivity contribution in [1.29, 1.82) is 0 Å². The van der Waals surface area contributed by atoms with Gasteiger partial charge in [-0.15, -0.1) is 0 Å². The Hall–Kier alpha value is -2.24. The maximum absolute atomic E-state index is 11.9. The highest BCUT2D eigenvalue weighted by Crippen LogP contribution is 2.31. The number of rotatable bonds is 4. The van der Waals surface area contributed by atoms with Gasteiger partial charge in [0.1, 0.15) is 6.61 Å². The molecule has 118 valence electrons. The molecular formula is C16H19NO5. The third kappa shape index (κ3) is 3.50. The molecule has 0 saturated heterocycles. The number of para-hydroxylation sites is 2. The summed E-state index contributed by atoms with van der Waals surface area (Å²) in [6.07, 6.45) is 3.43. The van der Waals surface area contributed by atoms with Crippen molar-refractivity contribution in [2.45, 2.75) is 37.8 Å². The number of fused-ring (bicyclic) bond motifs is 1. The van der Waals surface area contributed by atoms with Gasteiger partial charge in [-0.1, -0.05) is 25.0 Å². The van der Waals surface area contributed by atoms with Gasteiger partial charge in [-0.2, -0.15) is 0 Å². The van der Waals surface area contributed by atoms with Gasteiger partial charge in [0, 0.05) is 6.04 Å². The van der Waals surface area contributed by atoms with Crippen LogP contribution in [0.2, 0.25) is 0 Å². The topological polar surface area (TPSA) is 73.9 Å². The maximum atomic E-state index is 11.9. The second kappa shape index (κ2) is 6.68. The molecule has 0 aromatic heterocycles. The minimum atomic E-state index is -0.839. The SMILES string of the molecule is O=C(COC(=O)[C@H]1COc2ccccc2O1)NC1CCCC1. The molecule has 1 saturated carbocycles. The van der Waals surface area contributed by atoms with Gasteiger partial charge < -0.3 is 19.5 Å². The largest absolute Gasteiger partial charge is 0.485 e. The Morgan fingerprint density at radius 2 is 1.91 bits per heavy atom. The van der Waals surface area contributed by atoms with E-state index in [4.69, 9.17) is 14.2 Å². The van der Waals surface area contributed by atoms with E-state index in [2.05, 4.69) is 5.32 Å². The number of carbonyl (C=O) groups is 2. The molecule has 1 atom stereocenters. The zero-order valence-corrected chi connectivity index (χ0v) is 12.2. The number of hydrogen-bond donors (Lipinski definition) is 1. The van der Waals surface area contributed by atoms with Crippen molar-refractivity contribution in [2.75, 3.05) is 13.2 Å². The predicted octanol–water partition coefficient (Wildman–Crippen LogP) is 1.43. The van der Waals surface area contributed by atoms with Crippen LogP contribution in [0.1, 0.15) is 25.7 Å². The first-order chi connectivity index (χ1) is 10.7. The van der Waals surface area contributed by atoms with Crippen LogP contribution in [0, 0.1) is 0 Å². The van der Waals surface area contributed by atoms with Gasteiger partial charge in [0.15, 0.2) is 18.1 Å². The molecule has 1 aromatic carbocycles. The highest BCUT2D eigenvalue weighted by molar-refractivity contribution is 5.82. The van der Waals surface area contributed by atoms with Gasteiger partial charge >= 0.3 is 5.97 Å². The summed E-state index contributed by atoms with van der Waals surface area (Å²) in [4.78, 5) is 23.7. The van der Waals surface area contributed by atoms with Crippen LogP contribution >= 0.6 is 0 Å². The van der Waals surface area contributed by atoms with Gasteiger partial charge in [-0.05, 0) is 25.0 Å². The fraction of sp³-hybridized carbons (Fsp3) is 0.500. The minimum Gasteiger partial charge on any atom is -0.485 e. The molecule has 22 heavy (non-hydrogen) atoms.